The number of piperidine rings is 1. The Bertz CT molecular complexity index is 519. The van der Waals surface area contributed by atoms with Crippen LogP contribution in [0.4, 0.5) is 0 Å². The van der Waals surface area contributed by atoms with Gasteiger partial charge in [0.2, 0.25) is 0 Å². The standard InChI is InChI=1S/C12H19N5O3/c1-12(2,3)17-14-9(13-15-17)10(18)16-7-5-4-6-8(16)11(19)20/h8H,4-7H2,1-3H3,(H,19,20). The lowest BCUT2D eigenvalue weighted by molar-refractivity contribution is -0.143. The average Bonchev–Trinajstić information content (AvgIpc) is 2.87. The molecule has 1 unspecified atom stereocenters. The Hall–Kier alpha value is -1.99. The lowest BCUT2D eigenvalue weighted by Gasteiger charge is -2.31. The van der Waals surface area contributed by atoms with Crippen molar-refractivity contribution in [1.82, 2.24) is 25.1 Å². The fourth-order valence-corrected chi connectivity index (χ4v) is 2.14. The van der Waals surface area contributed by atoms with E-state index < -0.39 is 17.9 Å². The summed E-state index contributed by atoms with van der Waals surface area (Å²) < 4.78 is 0. The number of carbonyl (C=O) groups excluding carboxylic acids is 1. The minimum atomic E-state index is -0.985. The molecular weight excluding hydrogens is 262 g/mol. The Labute approximate surface area is 116 Å². The van der Waals surface area contributed by atoms with Gasteiger partial charge in [-0.1, -0.05) is 0 Å². The summed E-state index contributed by atoms with van der Waals surface area (Å²) in [5.41, 5.74) is -0.375. The minimum Gasteiger partial charge on any atom is -0.480 e. The van der Waals surface area contributed by atoms with Crippen molar-refractivity contribution in [3.8, 4) is 0 Å². The number of hydrogen-bond donors (Lipinski definition) is 1. The summed E-state index contributed by atoms with van der Waals surface area (Å²) in [5.74, 6) is -1.50. The van der Waals surface area contributed by atoms with Gasteiger partial charge < -0.3 is 10.0 Å². The third-order valence-corrected chi connectivity index (χ3v) is 3.25. The largest absolute Gasteiger partial charge is 0.480 e. The lowest BCUT2D eigenvalue weighted by Crippen LogP contribution is -2.48. The SMILES string of the molecule is CC(C)(C)n1nnc(C(=O)N2CCCCC2C(=O)O)n1. The highest BCUT2D eigenvalue weighted by atomic mass is 16.4. The molecule has 2 rings (SSSR count). The Balaban J connectivity index is 2.21. The van der Waals surface area contributed by atoms with Crippen molar-refractivity contribution in [2.45, 2.75) is 51.6 Å². The molecule has 0 bridgehead atoms. The van der Waals surface area contributed by atoms with E-state index in [1.54, 1.807) is 0 Å². The van der Waals surface area contributed by atoms with Crippen LogP contribution in [-0.4, -0.2) is 54.7 Å². The first-order chi connectivity index (χ1) is 9.30. The van der Waals surface area contributed by atoms with Crippen LogP contribution in [0.5, 0.6) is 0 Å². The summed E-state index contributed by atoms with van der Waals surface area (Å²) in [6, 6.07) is -0.794. The first-order valence-electron chi connectivity index (χ1n) is 6.65. The van der Waals surface area contributed by atoms with Crippen LogP contribution in [0.2, 0.25) is 0 Å². The van der Waals surface area contributed by atoms with Crippen LogP contribution < -0.4 is 0 Å². The molecule has 1 fully saturated rings. The molecule has 8 heteroatoms. The van der Waals surface area contributed by atoms with E-state index in [-0.39, 0.29) is 11.4 Å². The van der Waals surface area contributed by atoms with Crippen molar-refractivity contribution in [2.24, 2.45) is 0 Å². The van der Waals surface area contributed by atoms with E-state index in [4.69, 9.17) is 0 Å². The van der Waals surface area contributed by atoms with Gasteiger partial charge in [0.15, 0.2) is 0 Å². The molecule has 1 aliphatic rings. The highest BCUT2D eigenvalue weighted by Gasteiger charge is 2.34. The molecule has 0 aliphatic carbocycles. The number of tetrazole rings is 1. The van der Waals surface area contributed by atoms with Crippen molar-refractivity contribution in [2.75, 3.05) is 6.54 Å². The van der Waals surface area contributed by atoms with E-state index in [2.05, 4.69) is 15.4 Å². The van der Waals surface area contributed by atoms with Gasteiger partial charge in [0.05, 0.1) is 5.54 Å². The quantitative estimate of drug-likeness (QED) is 0.847. The molecule has 1 atom stereocenters. The number of nitrogens with zero attached hydrogens (tertiary/aromatic N) is 5. The van der Waals surface area contributed by atoms with Gasteiger partial charge in [-0.3, -0.25) is 4.79 Å². The summed E-state index contributed by atoms with van der Waals surface area (Å²) in [7, 11) is 0. The van der Waals surface area contributed by atoms with Gasteiger partial charge in [0, 0.05) is 6.54 Å². The molecule has 0 radical (unpaired) electrons. The van der Waals surface area contributed by atoms with Gasteiger partial charge in [0.1, 0.15) is 6.04 Å². The van der Waals surface area contributed by atoms with Gasteiger partial charge in [-0.15, -0.1) is 10.2 Å². The number of likely N-dealkylation sites (tertiary alicyclic amines) is 1. The van der Waals surface area contributed by atoms with Gasteiger partial charge in [0.25, 0.3) is 11.7 Å². The second kappa shape index (κ2) is 5.18. The smallest absolute Gasteiger partial charge is 0.326 e. The van der Waals surface area contributed by atoms with Gasteiger partial charge in [-0.25, -0.2) is 4.79 Å². The van der Waals surface area contributed by atoms with Crippen LogP contribution in [0.3, 0.4) is 0 Å². The van der Waals surface area contributed by atoms with Crippen molar-refractivity contribution in [3.05, 3.63) is 5.82 Å². The minimum absolute atomic E-state index is 0.0481. The maximum atomic E-state index is 12.3. The van der Waals surface area contributed by atoms with E-state index in [1.807, 2.05) is 20.8 Å². The maximum Gasteiger partial charge on any atom is 0.326 e. The number of aliphatic carboxylic acids is 1. The van der Waals surface area contributed by atoms with Crippen LogP contribution in [0.15, 0.2) is 0 Å². The molecule has 20 heavy (non-hydrogen) atoms. The summed E-state index contributed by atoms with van der Waals surface area (Å²) in [4.78, 5) is 26.2. The highest BCUT2D eigenvalue weighted by molar-refractivity contribution is 5.93. The predicted molar refractivity (Wildman–Crippen MR) is 69.1 cm³/mol. The molecule has 8 nitrogen and oxygen atoms in total. The second-order valence-electron chi connectivity index (χ2n) is 5.92. The molecule has 1 aromatic rings. The first kappa shape index (κ1) is 14.4. The molecule has 1 saturated heterocycles. The monoisotopic (exact) mass is 281 g/mol. The summed E-state index contributed by atoms with van der Waals surface area (Å²) >= 11 is 0. The third-order valence-electron chi connectivity index (χ3n) is 3.25. The fraction of sp³-hybridized carbons (Fsp3) is 0.750. The summed E-state index contributed by atoms with van der Waals surface area (Å²) in [5, 5.41) is 20.8. The molecule has 0 aromatic carbocycles. The predicted octanol–water partition coefficient (Wildman–Crippen LogP) is 0.507. The maximum absolute atomic E-state index is 12.3. The lowest BCUT2D eigenvalue weighted by atomic mass is 10.0. The van der Waals surface area contributed by atoms with Gasteiger partial charge >= 0.3 is 5.97 Å². The van der Waals surface area contributed by atoms with E-state index in [0.717, 1.165) is 12.8 Å². The highest BCUT2D eigenvalue weighted by Crippen LogP contribution is 2.19. The molecule has 1 N–H and O–H groups in total. The molecule has 0 saturated carbocycles. The Morgan fingerprint density at radius 3 is 2.55 bits per heavy atom. The zero-order valence-electron chi connectivity index (χ0n) is 11.9. The topological polar surface area (TPSA) is 101 Å². The number of aromatic nitrogens is 4. The van der Waals surface area contributed by atoms with Crippen LogP contribution in [0, 0.1) is 0 Å². The molecule has 1 aromatic heterocycles. The third kappa shape index (κ3) is 2.78. The Morgan fingerprint density at radius 1 is 1.30 bits per heavy atom. The van der Waals surface area contributed by atoms with Crippen LogP contribution >= 0.6 is 0 Å². The van der Waals surface area contributed by atoms with E-state index in [9.17, 15) is 14.7 Å². The first-order valence-corrected chi connectivity index (χ1v) is 6.65. The average molecular weight is 281 g/mol. The van der Waals surface area contributed by atoms with Gasteiger partial charge in [-0.05, 0) is 45.2 Å². The zero-order chi connectivity index (χ0) is 14.9. The Kier molecular flexibility index (Phi) is 3.74. The number of amides is 1. The van der Waals surface area contributed by atoms with E-state index >= 15 is 0 Å². The molecule has 1 aliphatic heterocycles. The molecule has 1 amide bonds. The molecule has 110 valence electrons. The van der Waals surface area contributed by atoms with Crippen molar-refractivity contribution < 1.29 is 14.7 Å². The summed E-state index contributed by atoms with van der Waals surface area (Å²) in [6.07, 6.45) is 2.07. The van der Waals surface area contributed by atoms with E-state index in [0.29, 0.717) is 13.0 Å². The number of rotatable bonds is 2. The number of carbonyl (C=O) groups is 2. The second-order valence-corrected chi connectivity index (χ2v) is 5.92. The molecule has 0 spiro atoms. The summed E-state index contributed by atoms with van der Waals surface area (Å²) in [6.45, 7) is 6.09. The molecule has 2 heterocycles. The van der Waals surface area contributed by atoms with E-state index in [1.165, 1.54) is 9.70 Å². The number of carboxylic acids is 1. The Morgan fingerprint density at radius 2 is 2.00 bits per heavy atom. The number of hydrogen-bond acceptors (Lipinski definition) is 5. The van der Waals surface area contributed by atoms with Crippen LogP contribution in [0.1, 0.15) is 50.7 Å². The normalized spacial score (nSPS) is 19.9. The molecular formula is C12H19N5O3. The van der Waals surface area contributed by atoms with Gasteiger partial charge in [-0.2, -0.15) is 4.80 Å². The van der Waals surface area contributed by atoms with Crippen molar-refractivity contribution in [3.63, 3.8) is 0 Å². The van der Waals surface area contributed by atoms with Crippen LogP contribution in [0.25, 0.3) is 0 Å². The van der Waals surface area contributed by atoms with Crippen molar-refractivity contribution in [1.29, 1.82) is 0 Å². The fourth-order valence-electron chi connectivity index (χ4n) is 2.14. The number of carboxylic acid groups (broad SMARTS) is 1. The zero-order valence-corrected chi connectivity index (χ0v) is 11.9. The van der Waals surface area contributed by atoms with Crippen molar-refractivity contribution >= 4 is 11.9 Å². The van der Waals surface area contributed by atoms with Crippen LogP contribution in [-0.2, 0) is 10.3 Å².